The van der Waals surface area contributed by atoms with Gasteiger partial charge in [-0.1, -0.05) is 13.3 Å². The zero-order valence-electron chi connectivity index (χ0n) is 11.5. The molecule has 4 nitrogen and oxygen atoms in total. The minimum atomic E-state index is 0.864. The van der Waals surface area contributed by atoms with Gasteiger partial charge < -0.3 is 5.32 Å². The van der Waals surface area contributed by atoms with Gasteiger partial charge in [-0.25, -0.2) is 4.98 Å². The topological polar surface area (TPSA) is 41.1 Å². The molecule has 100 valence electrons. The Kier molecular flexibility index (Phi) is 4.93. The number of nitrogens with zero attached hydrogens (tertiary/aromatic N) is 3. The van der Waals surface area contributed by atoms with Gasteiger partial charge >= 0.3 is 0 Å². The average molecular weight is 248 g/mol. The largest absolute Gasteiger partial charge is 0.369 e. The second kappa shape index (κ2) is 6.69. The molecule has 1 aliphatic rings. The van der Waals surface area contributed by atoms with Crippen LogP contribution in [-0.4, -0.2) is 34.5 Å². The Morgan fingerprint density at radius 3 is 2.61 bits per heavy atom. The van der Waals surface area contributed by atoms with Gasteiger partial charge in [-0.05, 0) is 32.2 Å². The van der Waals surface area contributed by atoms with Gasteiger partial charge in [-0.2, -0.15) is 0 Å². The van der Waals surface area contributed by atoms with Crippen molar-refractivity contribution in [3.8, 4) is 0 Å². The van der Waals surface area contributed by atoms with E-state index in [0.29, 0.717) is 0 Å². The highest BCUT2D eigenvalue weighted by atomic mass is 15.1. The molecule has 1 aliphatic carbocycles. The van der Waals surface area contributed by atoms with Crippen LogP contribution in [0.15, 0.2) is 12.4 Å². The smallest absolute Gasteiger partial charge is 0.144 e. The third-order valence-electron chi connectivity index (χ3n) is 3.64. The molecule has 18 heavy (non-hydrogen) atoms. The summed E-state index contributed by atoms with van der Waals surface area (Å²) in [7, 11) is 0. The minimum Gasteiger partial charge on any atom is -0.369 e. The van der Waals surface area contributed by atoms with Gasteiger partial charge in [0, 0.05) is 19.6 Å². The van der Waals surface area contributed by atoms with Crippen molar-refractivity contribution in [1.29, 1.82) is 0 Å². The Morgan fingerprint density at radius 1 is 1.28 bits per heavy atom. The number of anilines is 1. The number of rotatable bonds is 7. The SMILES string of the molecule is CCNc1cnc(CN(CC)CC2CCC2)cn1. The van der Waals surface area contributed by atoms with E-state index in [9.17, 15) is 0 Å². The number of hydrogen-bond acceptors (Lipinski definition) is 4. The molecule has 0 atom stereocenters. The molecule has 0 spiro atoms. The van der Waals surface area contributed by atoms with E-state index >= 15 is 0 Å². The Morgan fingerprint density at radius 2 is 2.11 bits per heavy atom. The van der Waals surface area contributed by atoms with Crippen molar-refractivity contribution in [3.63, 3.8) is 0 Å². The van der Waals surface area contributed by atoms with Gasteiger partial charge in [0.05, 0.1) is 18.1 Å². The molecule has 0 aliphatic heterocycles. The van der Waals surface area contributed by atoms with Gasteiger partial charge in [0.1, 0.15) is 5.82 Å². The van der Waals surface area contributed by atoms with Crippen LogP contribution in [0.3, 0.4) is 0 Å². The second-order valence-corrected chi connectivity index (χ2v) is 5.05. The van der Waals surface area contributed by atoms with Gasteiger partial charge in [0.25, 0.3) is 0 Å². The Hall–Kier alpha value is -1.16. The lowest BCUT2D eigenvalue weighted by Gasteiger charge is -2.31. The molecular formula is C14H24N4. The lowest BCUT2D eigenvalue weighted by molar-refractivity contribution is 0.176. The van der Waals surface area contributed by atoms with Gasteiger partial charge in [0.2, 0.25) is 0 Å². The predicted octanol–water partition coefficient (Wildman–Crippen LogP) is 2.53. The maximum absolute atomic E-state index is 4.47. The Bertz CT molecular complexity index is 345. The van der Waals surface area contributed by atoms with Crippen LogP contribution in [0.25, 0.3) is 0 Å². The number of hydrogen-bond donors (Lipinski definition) is 1. The maximum Gasteiger partial charge on any atom is 0.144 e. The van der Waals surface area contributed by atoms with E-state index in [4.69, 9.17) is 0 Å². The molecule has 1 fully saturated rings. The van der Waals surface area contributed by atoms with Crippen molar-refractivity contribution in [3.05, 3.63) is 18.1 Å². The number of aromatic nitrogens is 2. The fourth-order valence-corrected chi connectivity index (χ4v) is 2.28. The van der Waals surface area contributed by atoms with Gasteiger partial charge in [-0.15, -0.1) is 0 Å². The Labute approximate surface area is 110 Å². The monoisotopic (exact) mass is 248 g/mol. The van der Waals surface area contributed by atoms with Crippen LogP contribution in [0.4, 0.5) is 5.82 Å². The molecule has 0 saturated heterocycles. The summed E-state index contributed by atoms with van der Waals surface area (Å²) in [6.45, 7) is 8.40. The Balaban J connectivity index is 1.85. The normalized spacial score (nSPS) is 15.7. The fourth-order valence-electron chi connectivity index (χ4n) is 2.28. The van der Waals surface area contributed by atoms with E-state index < -0.39 is 0 Å². The molecule has 1 saturated carbocycles. The quantitative estimate of drug-likeness (QED) is 0.805. The minimum absolute atomic E-state index is 0.864. The molecule has 4 heteroatoms. The summed E-state index contributed by atoms with van der Waals surface area (Å²) in [5.74, 6) is 1.78. The third kappa shape index (κ3) is 3.67. The van der Waals surface area contributed by atoms with Crippen LogP contribution in [-0.2, 0) is 6.54 Å². The number of nitrogens with one attached hydrogen (secondary N) is 1. The molecular weight excluding hydrogens is 224 g/mol. The standard InChI is InChI=1S/C14H24N4/c1-3-15-14-9-16-13(8-17-14)11-18(4-2)10-12-6-5-7-12/h8-9,12H,3-7,10-11H2,1-2H3,(H,15,17). The summed E-state index contributed by atoms with van der Waals surface area (Å²) in [6, 6.07) is 0. The summed E-state index contributed by atoms with van der Waals surface area (Å²) in [4.78, 5) is 11.3. The second-order valence-electron chi connectivity index (χ2n) is 5.05. The van der Waals surface area contributed by atoms with Crippen molar-refractivity contribution in [2.75, 3.05) is 25.0 Å². The fraction of sp³-hybridized carbons (Fsp3) is 0.714. The van der Waals surface area contributed by atoms with Crippen molar-refractivity contribution in [1.82, 2.24) is 14.9 Å². The molecule has 0 radical (unpaired) electrons. The van der Waals surface area contributed by atoms with Crippen LogP contribution in [0, 0.1) is 5.92 Å². The van der Waals surface area contributed by atoms with E-state index in [0.717, 1.165) is 37.1 Å². The van der Waals surface area contributed by atoms with Crippen LogP contribution in [0.5, 0.6) is 0 Å². The van der Waals surface area contributed by atoms with Crippen molar-refractivity contribution in [2.24, 2.45) is 5.92 Å². The zero-order chi connectivity index (χ0) is 12.8. The molecule has 0 aromatic carbocycles. The molecule has 1 aromatic heterocycles. The van der Waals surface area contributed by atoms with Crippen molar-refractivity contribution >= 4 is 5.82 Å². The summed E-state index contributed by atoms with van der Waals surface area (Å²) in [6.07, 6.45) is 7.94. The third-order valence-corrected chi connectivity index (χ3v) is 3.64. The van der Waals surface area contributed by atoms with E-state index in [1.165, 1.54) is 25.8 Å². The van der Waals surface area contributed by atoms with E-state index in [-0.39, 0.29) is 0 Å². The van der Waals surface area contributed by atoms with Gasteiger partial charge in [-0.3, -0.25) is 9.88 Å². The average Bonchev–Trinajstić information content (AvgIpc) is 2.34. The van der Waals surface area contributed by atoms with Crippen LogP contribution >= 0.6 is 0 Å². The predicted molar refractivity (Wildman–Crippen MR) is 74.5 cm³/mol. The first-order chi connectivity index (χ1) is 8.81. The van der Waals surface area contributed by atoms with Crippen molar-refractivity contribution < 1.29 is 0 Å². The molecule has 0 bridgehead atoms. The summed E-state index contributed by atoms with van der Waals surface area (Å²) in [5, 5.41) is 3.17. The van der Waals surface area contributed by atoms with Crippen LogP contribution < -0.4 is 5.32 Å². The molecule has 1 heterocycles. The highest BCUT2D eigenvalue weighted by Crippen LogP contribution is 2.27. The van der Waals surface area contributed by atoms with Crippen LogP contribution in [0.2, 0.25) is 0 Å². The summed E-state index contributed by atoms with van der Waals surface area (Å²) < 4.78 is 0. The molecule has 0 unspecified atom stereocenters. The van der Waals surface area contributed by atoms with E-state index in [1.54, 1.807) is 0 Å². The first kappa shape index (κ1) is 13.3. The lowest BCUT2D eigenvalue weighted by atomic mass is 9.85. The molecule has 1 aromatic rings. The molecule has 1 N–H and O–H groups in total. The molecule has 0 amide bonds. The molecule has 2 rings (SSSR count). The van der Waals surface area contributed by atoms with Crippen molar-refractivity contribution in [2.45, 2.75) is 39.7 Å². The van der Waals surface area contributed by atoms with Crippen LogP contribution in [0.1, 0.15) is 38.8 Å². The zero-order valence-corrected chi connectivity index (χ0v) is 11.5. The van der Waals surface area contributed by atoms with E-state index in [2.05, 4.69) is 34.0 Å². The maximum atomic E-state index is 4.47. The summed E-state index contributed by atoms with van der Waals surface area (Å²) >= 11 is 0. The first-order valence-electron chi connectivity index (χ1n) is 7.09. The first-order valence-corrected chi connectivity index (χ1v) is 7.09. The van der Waals surface area contributed by atoms with E-state index in [1.807, 2.05) is 12.4 Å². The highest BCUT2D eigenvalue weighted by molar-refractivity contribution is 5.30. The summed E-state index contributed by atoms with van der Waals surface area (Å²) in [5.41, 5.74) is 1.07. The lowest BCUT2D eigenvalue weighted by Crippen LogP contribution is -2.32. The van der Waals surface area contributed by atoms with Gasteiger partial charge in [0.15, 0.2) is 0 Å². The highest BCUT2D eigenvalue weighted by Gasteiger charge is 2.20.